The standard InChI is InChI=1S/C26H26BrN3O7/c1-30(2)20-15-7-10-6-14-13(11-5-12(27)9-29-8-11)3-4-16(31)18(14)21(32)17(10)23(34)26(15,37)24(35)19(22(20)33)25(28)36/h3-5,8-10,15,19-20,22,31-33,37H,6-7H2,1-2H3,(H2,28,36)/t10-,15-,19?,20-,22?,26-/m0/s1. The predicted octanol–water partition coefficient (Wildman–Crippen LogP) is 0.954. The third-order valence-corrected chi connectivity index (χ3v) is 8.42. The van der Waals surface area contributed by atoms with Gasteiger partial charge in [-0.25, -0.2) is 0 Å². The molecule has 2 aromatic rings. The molecule has 6 N–H and O–H groups in total. The Hall–Kier alpha value is -3.12. The molecular weight excluding hydrogens is 546 g/mol. The van der Waals surface area contributed by atoms with Crippen molar-refractivity contribution < 1.29 is 34.8 Å². The molecule has 11 heteroatoms. The fraction of sp³-hybridized carbons (Fsp3) is 0.385. The van der Waals surface area contributed by atoms with Crippen LogP contribution in [0.1, 0.15) is 17.5 Å². The van der Waals surface area contributed by atoms with Crippen LogP contribution in [0, 0.1) is 17.8 Å². The number of aliphatic hydroxyl groups is 3. The number of ketones is 2. The molecule has 2 fully saturated rings. The molecule has 0 spiro atoms. The number of phenols is 1. The van der Waals surface area contributed by atoms with Crippen LogP contribution in [0.4, 0.5) is 0 Å². The maximum atomic E-state index is 13.9. The van der Waals surface area contributed by atoms with Gasteiger partial charge in [0, 0.05) is 40.0 Å². The minimum Gasteiger partial charge on any atom is -0.507 e. The summed E-state index contributed by atoms with van der Waals surface area (Å²) >= 11 is 3.40. The van der Waals surface area contributed by atoms with Crippen molar-refractivity contribution >= 4 is 39.2 Å². The van der Waals surface area contributed by atoms with E-state index in [4.69, 9.17) is 5.73 Å². The van der Waals surface area contributed by atoms with Crippen LogP contribution in [-0.4, -0.2) is 79.6 Å². The average Bonchev–Trinajstić information content (AvgIpc) is 2.81. The van der Waals surface area contributed by atoms with Crippen molar-refractivity contribution in [3.8, 4) is 16.9 Å². The van der Waals surface area contributed by atoms with Gasteiger partial charge in [0.2, 0.25) is 11.7 Å². The van der Waals surface area contributed by atoms with E-state index < -0.39 is 58.7 Å². The summed E-state index contributed by atoms with van der Waals surface area (Å²) in [6.45, 7) is 0. The number of hydrogen-bond donors (Lipinski definition) is 5. The largest absolute Gasteiger partial charge is 0.507 e. The molecule has 1 amide bonds. The Morgan fingerprint density at radius 1 is 1.22 bits per heavy atom. The molecule has 3 aliphatic carbocycles. The highest BCUT2D eigenvalue weighted by atomic mass is 79.9. The molecule has 10 nitrogen and oxygen atoms in total. The number of nitrogens with zero attached hydrogens (tertiary/aromatic N) is 2. The smallest absolute Gasteiger partial charge is 0.230 e. The molecule has 1 heterocycles. The van der Waals surface area contributed by atoms with E-state index in [1.165, 1.54) is 6.07 Å². The number of aliphatic hydroxyl groups excluding tert-OH is 2. The predicted molar refractivity (Wildman–Crippen MR) is 135 cm³/mol. The van der Waals surface area contributed by atoms with Gasteiger partial charge < -0.3 is 31.1 Å². The minimum absolute atomic E-state index is 0.0398. The Labute approximate surface area is 220 Å². The van der Waals surface area contributed by atoms with E-state index >= 15 is 0 Å². The van der Waals surface area contributed by atoms with Gasteiger partial charge >= 0.3 is 0 Å². The highest BCUT2D eigenvalue weighted by Crippen LogP contribution is 2.53. The molecule has 5 rings (SSSR count). The lowest BCUT2D eigenvalue weighted by molar-refractivity contribution is -0.184. The number of phenolic OH excluding ortho intramolecular Hbond substituents is 1. The second kappa shape index (κ2) is 8.73. The number of nitrogens with two attached hydrogens (primary N) is 1. The summed E-state index contributed by atoms with van der Waals surface area (Å²) in [5, 5.41) is 44.6. The maximum Gasteiger partial charge on any atom is 0.230 e. The summed E-state index contributed by atoms with van der Waals surface area (Å²) in [7, 11) is 3.23. The monoisotopic (exact) mass is 571 g/mol. The third kappa shape index (κ3) is 3.56. The van der Waals surface area contributed by atoms with Crippen LogP contribution in [0.5, 0.6) is 5.75 Å². The molecule has 3 aliphatic rings. The molecule has 2 unspecified atom stereocenters. The molecular formula is C26H26BrN3O7. The first-order valence-electron chi connectivity index (χ1n) is 11.7. The van der Waals surface area contributed by atoms with E-state index in [0.717, 1.165) is 10.0 Å². The first kappa shape index (κ1) is 25.5. The van der Waals surface area contributed by atoms with Gasteiger partial charge in [-0.05, 0) is 72.0 Å². The fourth-order valence-electron chi connectivity index (χ4n) is 6.43. The van der Waals surface area contributed by atoms with Crippen LogP contribution in [0.2, 0.25) is 0 Å². The number of primary amides is 1. The molecule has 194 valence electrons. The van der Waals surface area contributed by atoms with Gasteiger partial charge in [0.15, 0.2) is 11.4 Å². The van der Waals surface area contributed by atoms with Crippen molar-refractivity contribution in [2.24, 2.45) is 23.5 Å². The van der Waals surface area contributed by atoms with E-state index in [2.05, 4.69) is 20.9 Å². The van der Waals surface area contributed by atoms with Gasteiger partial charge in [0.1, 0.15) is 17.4 Å². The second-order valence-electron chi connectivity index (χ2n) is 10.2. The molecule has 0 saturated heterocycles. The molecule has 0 bridgehead atoms. The van der Waals surface area contributed by atoms with E-state index in [9.17, 15) is 34.8 Å². The number of pyridine rings is 1. The Morgan fingerprint density at radius 2 is 1.92 bits per heavy atom. The van der Waals surface area contributed by atoms with Crippen LogP contribution in [0.3, 0.4) is 0 Å². The van der Waals surface area contributed by atoms with Crippen LogP contribution in [0.15, 0.2) is 40.6 Å². The number of amides is 1. The minimum atomic E-state index is -2.67. The number of aromatic nitrogens is 1. The molecule has 6 atom stereocenters. The van der Waals surface area contributed by atoms with Crippen molar-refractivity contribution in [2.75, 3.05) is 14.1 Å². The number of carbonyl (C=O) groups excluding carboxylic acids is 3. The van der Waals surface area contributed by atoms with Crippen molar-refractivity contribution in [1.29, 1.82) is 0 Å². The number of halogens is 1. The highest BCUT2D eigenvalue weighted by molar-refractivity contribution is 9.10. The molecule has 1 aromatic heterocycles. The van der Waals surface area contributed by atoms with Crippen LogP contribution in [0.25, 0.3) is 16.9 Å². The third-order valence-electron chi connectivity index (χ3n) is 7.99. The highest BCUT2D eigenvalue weighted by Gasteiger charge is 2.67. The fourth-order valence-corrected chi connectivity index (χ4v) is 6.80. The lowest BCUT2D eigenvalue weighted by Gasteiger charge is -2.53. The average molecular weight is 572 g/mol. The number of likely N-dealkylation sites (N-methyl/N-ethyl adjacent to an activating group) is 1. The van der Waals surface area contributed by atoms with E-state index in [0.29, 0.717) is 11.1 Å². The van der Waals surface area contributed by atoms with Gasteiger partial charge in [-0.15, -0.1) is 0 Å². The Kier molecular flexibility index (Phi) is 6.02. The zero-order valence-corrected chi connectivity index (χ0v) is 21.6. The first-order chi connectivity index (χ1) is 17.4. The van der Waals surface area contributed by atoms with Gasteiger partial charge in [-0.3, -0.25) is 19.4 Å². The van der Waals surface area contributed by atoms with Crippen LogP contribution in [-0.2, 0) is 20.8 Å². The summed E-state index contributed by atoms with van der Waals surface area (Å²) in [5.74, 6) is -7.65. The number of fused-ring (bicyclic) bond motifs is 3. The summed E-state index contributed by atoms with van der Waals surface area (Å²) in [4.78, 5) is 45.1. The van der Waals surface area contributed by atoms with Gasteiger partial charge in [0.05, 0.1) is 11.7 Å². The Morgan fingerprint density at radius 3 is 2.54 bits per heavy atom. The normalized spacial score (nSPS) is 31.1. The molecule has 1 aromatic carbocycles. The number of rotatable bonds is 3. The van der Waals surface area contributed by atoms with E-state index in [1.807, 2.05) is 6.07 Å². The zero-order chi connectivity index (χ0) is 27.0. The quantitative estimate of drug-likeness (QED) is 0.336. The van der Waals surface area contributed by atoms with Gasteiger partial charge in [-0.1, -0.05) is 6.07 Å². The number of aromatic hydroxyl groups is 1. The van der Waals surface area contributed by atoms with E-state index in [1.54, 1.807) is 37.5 Å². The molecule has 2 saturated carbocycles. The number of hydrogen-bond acceptors (Lipinski definition) is 9. The lowest BCUT2D eigenvalue weighted by Crippen LogP contribution is -2.73. The molecule has 0 radical (unpaired) electrons. The summed E-state index contributed by atoms with van der Waals surface area (Å²) in [6, 6.07) is 3.99. The molecule has 37 heavy (non-hydrogen) atoms. The van der Waals surface area contributed by atoms with Gasteiger partial charge in [0.25, 0.3) is 0 Å². The second-order valence-corrected chi connectivity index (χ2v) is 11.1. The SMILES string of the molecule is CN(C)[C@@H]1C(O)C(C(N)=O)C(=O)[C@@]2(O)C(=O)C3=C(O)c4c(O)ccc(-c5cncc(Br)c5)c4C[C@H]3C[C@@H]12. The Balaban J connectivity index is 1.71. The van der Waals surface area contributed by atoms with Crippen molar-refractivity contribution in [3.05, 3.63) is 51.8 Å². The Bertz CT molecular complexity index is 1390. The maximum absolute atomic E-state index is 13.9. The molecule has 0 aliphatic heterocycles. The first-order valence-corrected chi connectivity index (χ1v) is 12.5. The number of carbonyl (C=O) groups is 3. The van der Waals surface area contributed by atoms with Crippen LogP contribution < -0.4 is 5.73 Å². The lowest BCUT2D eigenvalue weighted by atomic mass is 9.54. The topological polar surface area (TPSA) is 174 Å². The number of Topliss-reactive ketones (excluding diaryl/α,β-unsaturated/α-hetero) is 2. The van der Waals surface area contributed by atoms with Crippen molar-refractivity contribution in [3.63, 3.8) is 0 Å². The summed E-state index contributed by atoms with van der Waals surface area (Å²) in [5.41, 5.74) is 4.58. The van der Waals surface area contributed by atoms with Crippen LogP contribution >= 0.6 is 15.9 Å². The van der Waals surface area contributed by atoms with E-state index in [-0.39, 0.29) is 29.7 Å². The van der Waals surface area contributed by atoms with Gasteiger partial charge in [-0.2, -0.15) is 0 Å². The summed E-state index contributed by atoms with van der Waals surface area (Å²) < 4.78 is 0.730. The van der Waals surface area contributed by atoms with Crippen molar-refractivity contribution in [2.45, 2.75) is 30.6 Å². The van der Waals surface area contributed by atoms with Crippen molar-refractivity contribution in [1.82, 2.24) is 9.88 Å². The summed E-state index contributed by atoms with van der Waals surface area (Å²) in [6.07, 6.45) is 2.01. The number of benzene rings is 1. The zero-order valence-electron chi connectivity index (χ0n) is 20.1.